The van der Waals surface area contributed by atoms with Crippen molar-refractivity contribution in [2.75, 3.05) is 13.7 Å². The molecular formula is C10H11ClN2O3. The second kappa shape index (κ2) is 6.07. The van der Waals surface area contributed by atoms with Crippen LogP contribution >= 0.6 is 11.6 Å². The molecule has 5 nitrogen and oxygen atoms in total. The molecule has 0 unspecified atom stereocenters. The highest BCUT2D eigenvalue weighted by Crippen LogP contribution is 2.12. The number of amides is 1. The summed E-state index contributed by atoms with van der Waals surface area (Å²) >= 11 is 5.77. The lowest BCUT2D eigenvalue weighted by Gasteiger charge is -2.05. The number of carbonyl (C=O) groups excluding carboxylic acids is 2. The van der Waals surface area contributed by atoms with E-state index in [9.17, 15) is 9.59 Å². The fourth-order valence-electron chi connectivity index (χ4n) is 1.03. The molecular weight excluding hydrogens is 232 g/mol. The van der Waals surface area contributed by atoms with Crippen LogP contribution in [-0.4, -0.2) is 30.5 Å². The number of ether oxygens (including phenoxy) is 1. The first-order valence-electron chi connectivity index (χ1n) is 4.59. The third-order valence-electron chi connectivity index (χ3n) is 1.86. The maximum absolute atomic E-state index is 11.6. The molecule has 0 spiro atoms. The number of carbonyl (C=O) groups is 2. The standard InChI is InChI=1S/C10H11ClN2O3/c1-16-9(14)3-5-13-10(15)7-2-4-12-6-8(7)11/h2,4,6H,3,5H2,1H3,(H,13,15). The summed E-state index contributed by atoms with van der Waals surface area (Å²) in [6.45, 7) is 0.212. The molecule has 0 bridgehead atoms. The smallest absolute Gasteiger partial charge is 0.307 e. The molecule has 1 rings (SSSR count). The van der Waals surface area contributed by atoms with Gasteiger partial charge in [-0.1, -0.05) is 11.6 Å². The monoisotopic (exact) mass is 242 g/mol. The molecule has 0 atom stereocenters. The maximum atomic E-state index is 11.6. The van der Waals surface area contributed by atoms with E-state index in [0.29, 0.717) is 5.56 Å². The summed E-state index contributed by atoms with van der Waals surface area (Å²) in [4.78, 5) is 26.1. The number of hydrogen-bond donors (Lipinski definition) is 1. The fraction of sp³-hybridized carbons (Fsp3) is 0.300. The van der Waals surface area contributed by atoms with Gasteiger partial charge in [0.15, 0.2) is 0 Å². The summed E-state index contributed by atoms with van der Waals surface area (Å²) in [7, 11) is 1.30. The number of nitrogens with zero attached hydrogens (tertiary/aromatic N) is 1. The third kappa shape index (κ3) is 3.51. The van der Waals surface area contributed by atoms with Gasteiger partial charge in [0.25, 0.3) is 5.91 Å². The van der Waals surface area contributed by atoms with Crippen molar-refractivity contribution in [1.29, 1.82) is 0 Å². The molecule has 0 saturated carbocycles. The minimum Gasteiger partial charge on any atom is -0.469 e. The zero-order chi connectivity index (χ0) is 12.0. The molecule has 0 aliphatic carbocycles. The minimum absolute atomic E-state index is 0.130. The molecule has 6 heteroatoms. The molecule has 1 aromatic rings. The van der Waals surface area contributed by atoms with Crippen molar-refractivity contribution in [2.45, 2.75) is 6.42 Å². The van der Waals surface area contributed by atoms with Crippen LogP contribution < -0.4 is 5.32 Å². The molecule has 0 aliphatic rings. The molecule has 0 radical (unpaired) electrons. The first kappa shape index (κ1) is 12.4. The number of rotatable bonds is 4. The highest BCUT2D eigenvalue weighted by Gasteiger charge is 2.09. The minimum atomic E-state index is -0.374. The van der Waals surface area contributed by atoms with Crippen molar-refractivity contribution in [3.05, 3.63) is 29.0 Å². The first-order chi connectivity index (χ1) is 7.65. The normalized spacial score (nSPS) is 9.62. The van der Waals surface area contributed by atoms with Gasteiger partial charge in [-0.2, -0.15) is 0 Å². The largest absolute Gasteiger partial charge is 0.469 e. The number of nitrogens with one attached hydrogen (secondary N) is 1. The zero-order valence-electron chi connectivity index (χ0n) is 8.70. The van der Waals surface area contributed by atoms with Gasteiger partial charge in [0.2, 0.25) is 0 Å². The molecule has 86 valence electrons. The second-order valence-corrected chi connectivity index (χ2v) is 3.34. The average Bonchev–Trinajstić information content (AvgIpc) is 2.29. The van der Waals surface area contributed by atoms with Crippen LogP contribution in [0.4, 0.5) is 0 Å². The quantitative estimate of drug-likeness (QED) is 0.801. The Bertz CT molecular complexity index is 395. The Hall–Kier alpha value is -1.62. The number of methoxy groups -OCH3 is 1. The summed E-state index contributed by atoms with van der Waals surface area (Å²) in [5, 5.41) is 2.83. The molecule has 16 heavy (non-hydrogen) atoms. The van der Waals surface area contributed by atoms with Gasteiger partial charge in [-0.25, -0.2) is 0 Å². The van der Waals surface area contributed by atoms with Crippen molar-refractivity contribution in [1.82, 2.24) is 10.3 Å². The lowest BCUT2D eigenvalue weighted by molar-refractivity contribution is -0.140. The summed E-state index contributed by atoms with van der Waals surface area (Å²) in [6, 6.07) is 1.51. The van der Waals surface area contributed by atoms with E-state index >= 15 is 0 Å². The molecule has 0 aromatic carbocycles. The number of hydrogen-bond acceptors (Lipinski definition) is 4. The summed E-state index contributed by atoms with van der Waals surface area (Å²) < 4.78 is 4.44. The van der Waals surface area contributed by atoms with Gasteiger partial charge in [0, 0.05) is 18.9 Å². The van der Waals surface area contributed by atoms with E-state index in [0.717, 1.165) is 0 Å². The Morgan fingerprint density at radius 1 is 1.56 bits per heavy atom. The van der Waals surface area contributed by atoms with Gasteiger partial charge < -0.3 is 10.1 Å². The highest BCUT2D eigenvalue weighted by atomic mass is 35.5. The van der Waals surface area contributed by atoms with E-state index in [1.54, 1.807) is 0 Å². The van der Waals surface area contributed by atoms with Crippen LogP contribution in [0.5, 0.6) is 0 Å². The van der Waals surface area contributed by atoms with E-state index in [1.807, 2.05) is 0 Å². The lowest BCUT2D eigenvalue weighted by Crippen LogP contribution is -2.26. The molecule has 0 saturated heterocycles. The fourth-order valence-corrected chi connectivity index (χ4v) is 1.24. The predicted molar refractivity (Wildman–Crippen MR) is 58.2 cm³/mol. The van der Waals surface area contributed by atoms with Crippen LogP contribution in [0.1, 0.15) is 16.8 Å². The Balaban J connectivity index is 2.47. The number of esters is 1. The zero-order valence-corrected chi connectivity index (χ0v) is 9.45. The lowest BCUT2D eigenvalue weighted by atomic mass is 10.2. The van der Waals surface area contributed by atoms with Crippen LogP contribution in [0.25, 0.3) is 0 Å². The first-order valence-corrected chi connectivity index (χ1v) is 4.97. The van der Waals surface area contributed by atoms with Gasteiger partial charge in [-0.05, 0) is 6.07 Å². The van der Waals surface area contributed by atoms with Gasteiger partial charge in [-0.15, -0.1) is 0 Å². The molecule has 0 aliphatic heterocycles. The Labute approximate surface area is 97.8 Å². The van der Waals surface area contributed by atoms with E-state index in [-0.39, 0.29) is 29.9 Å². The van der Waals surface area contributed by atoms with E-state index in [2.05, 4.69) is 15.0 Å². The van der Waals surface area contributed by atoms with Crippen molar-refractivity contribution in [2.24, 2.45) is 0 Å². The maximum Gasteiger partial charge on any atom is 0.307 e. The van der Waals surface area contributed by atoms with Crippen LogP contribution in [0, 0.1) is 0 Å². The summed E-state index contributed by atoms with van der Waals surface area (Å²) in [5.74, 6) is -0.711. The molecule has 1 aromatic heterocycles. The Kier molecular flexibility index (Phi) is 4.72. The van der Waals surface area contributed by atoms with E-state index < -0.39 is 0 Å². The van der Waals surface area contributed by atoms with Crippen LogP contribution in [0.15, 0.2) is 18.5 Å². The predicted octanol–water partition coefficient (Wildman–Crippen LogP) is 1.03. The van der Waals surface area contributed by atoms with Crippen LogP contribution in [-0.2, 0) is 9.53 Å². The van der Waals surface area contributed by atoms with Crippen LogP contribution in [0.2, 0.25) is 5.02 Å². The van der Waals surface area contributed by atoms with Crippen molar-refractivity contribution < 1.29 is 14.3 Å². The SMILES string of the molecule is COC(=O)CCNC(=O)c1ccncc1Cl. The molecule has 1 heterocycles. The summed E-state index contributed by atoms with van der Waals surface area (Å²) in [6.07, 6.45) is 2.99. The number of aromatic nitrogens is 1. The number of pyridine rings is 1. The Morgan fingerprint density at radius 3 is 2.94 bits per heavy atom. The molecule has 1 N–H and O–H groups in total. The van der Waals surface area contributed by atoms with Gasteiger partial charge in [0.1, 0.15) is 0 Å². The summed E-state index contributed by atoms with van der Waals surface area (Å²) in [5.41, 5.74) is 0.335. The van der Waals surface area contributed by atoms with Crippen molar-refractivity contribution >= 4 is 23.5 Å². The third-order valence-corrected chi connectivity index (χ3v) is 2.16. The number of halogens is 1. The van der Waals surface area contributed by atoms with Gasteiger partial charge in [0.05, 0.1) is 24.1 Å². The van der Waals surface area contributed by atoms with Crippen LogP contribution in [0.3, 0.4) is 0 Å². The Morgan fingerprint density at radius 2 is 2.31 bits per heavy atom. The van der Waals surface area contributed by atoms with Gasteiger partial charge in [-0.3, -0.25) is 14.6 Å². The van der Waals surface area contributed by atoms with E-state index in [4.69, 9.17) is 11.6 Å². The van der Waals surface area contributed by atoms with E-state index in [1.165, 1.54) is 25.6 Å². The van der Waals surface area contributed by atoms with Crippen molar-refractivity contribution in [3.63, 3.8) is 0 Å². The van der Waals surface area contributed by atoms with Gasteiger partial charge >= 0.3 is 5.97 Å². The second-order valence-electron chi connectivity index (χ2n) is 2.94. The topological polar surface area (TPSA) is 68.3 Å². The molecule has 0 fully saturated rings. The molecule has 1 amide bonds. The van der Waals surface area contributed by atoms with Crippen molar-refractivity contribution in [3.8, 4) is 0 Å². The average molecular weight is 243 g/mol. The highest BCUT2D eigenvalue weighted by molar-refractivity contribution is 6.33.